The SMILES string of the molecule is CN1C(=O)Cc2ccc(-c3sc(CC(C#N)NC(=O)C4C5CC(CC5CN5C(=O)Cc6ccc([B]OC(C)(C)C(C)(C)O)cc65)N4C(=O)OC(C)(C)C)c(F)c3Br)cc21. The number of anilines is 2. The Morgan fingerprint density at radius 1 is 1.05 bits per heavy atom. The maximum absolute atomic E-state index is 15.8. The summed E-state index contributed by atoms with van der Waals surface area (Å²) in [5.74, 6) is -1.68. The highest BCUT2D eigenvalue weighted by atomic mass is 79.9. The smallest absolute Gasteiger partial charge is 0.411 e. The molecular weight excluding hydrogens is 840 g/mol. The molecule has 12 nitrogen and oxygen atoms in total. The molecule has 4 aliphatic rings. The fourth-order valence-corrected chi connectivity index (χ4v) is 10.4. The molecule has 3 aromatic rings. The third-order valence-corrected chi connectivity index (χ3v) is 14.5. The van der Waals surface area contributed by atoms with Crippen molar-refractivity contribution in [2.75, 3.05) is 23.4 Å². The molecule has 16 heteroatoms. The number of thiophene rings is 1. The minimum absolute atomic E-state index is 0.0218. The third-order valence-electron chi connectivity index (χ3n) is 12.3. The second-order valence-corrected chi connectivity index (χ2v) is 20.0. The molecule has 1 aromatic heterocycles. The van der Waals surface area contributed by atoms with Gasteiger partial charge in [0.1, 0.15) is 17.7 Å². The Morgan fingerprint density at radius 2 is 1.73 bits per heavy atom. The van der Waals surface area contributed by atoms with Gasteiger partial charge < -0.3 is 29.6 Å². The minimum Gasteiger partial charge on any atom is -0.444 e. The Morgan fingerprint density at radius 3 is 2.41 bits per heavy atom. The van der Waals surface area contributed by atoms with Crippen molar-refractivity contribution < 1.29 is 38.1 Å². The molecule has 1 aliphatic carbocycles. The molecule has 7 rings (SSSR count). The number of carbonyl (C=O) groups is 4. The van der Waals surface area contributed by atoms with Crippen molar-refractivity contribution >= 4 is 75.4 Å². The molecule has 311 valence electrons. The number of rotatable bonds is 11. The molecule has 5 unspecified atom stereocenters. The topological polar surface area (TPSA) is 153 Å². The summed E-state index contributed by atoms with van der Waals surface area (Å²) < 4.78 is 27.8. The van der Waals surface area contributed by atoms with Crippen molar-refractivity contribution in [3.63, 3.8) is 0 Å². The molecule has 59 heavy (non-hydrogen) atoms. The highest BCUT2D eigenvalue weighted by Crippen LogP contribution is 2.49. The lowest BCUT2D eigenvalue weighted by Gasteiger charge is -2.40. The predicted octanol–water partition coefficient (Wildman–Crippen LogP) is 5.80. The first-order valence-electron chi connectivity index (χ1n) is 19.8. The summed E-state index contributed by atoms with van der Waals surface area (Å²) in [6.45, 7) is 12.5. The number of nitriles is 1. The Hall–Kier alpha value is -4.30. The van der Waals surface area contributed by atoms with Gasteiger partial charge in [-0.3, -0.25) is 19.3 Å². The first-order valence-corrected chi connectivity index (χ1v) is 21.4. The van der Waals surface area contributed by atoms with E-state index in [9.17, 15) is 29.5 Å². The van der Waals surface area contributed by atoms with Crippen LogP contribution in [0.15, 0.2) is 40.9 Å². The summed E-state index contributed by atoms with van der Waals surface area (Å²) in [6.07, 6.45) is 0.844. The van der Waals surface area contributed by atoms with Crippen LogP contribution in [-0.4, -0.2) is 89.8 Å². The lowest BCUT2D eigenvalue weighted by Crippen LogP contribution is -2.57. The standard InChI is InChI=1S/C43H49BBrFN5O7S/c1-41(2,3)57-40(55)51-28-13-25(21-50-31-17-26(12-11-23(31)16-34(50)53)44-58-43(6,7)42(4,5)56)29(19-28)37(51)39(54)48-27(20-47)18-32-36(46)35(45)38(59-32)24-10-9-22-15-33(52)49(8)30(22)14-24/h9-12,14,17,25,27-29,37,56H,13,15-16,18-19,21H2,1-8H3,(H,48,54). The highest BCUT2D eigenvalue weighted by molar-refractivity contribution is 9.10. The van der Waals surface area contributed by atoms with Crippen LogP contribution in [0, 0.1) is 29.0 Å². The number of amides is 4. The first-order chi connectivity index (χ1) is 27.6. The maximum Gasteiger partial charge on any atom is 0.411 e. The van der Waals surface area contributed by atoms with E-state index in [2.05, 4.69) is 27.3 Å². The average molecular weight is 890 g/mol. The molecule has 4 heterocycles. The van der Waals surface area contributed by atoms with Crippen molar-refractivity contribution in [1.82, 2.24) is 10.2 Å². The normalized spacial score (nSPS) is 21.8. The van der Waals surface area contributed by atoms with Crippen LogP contribution < -0.4 is 20.6 Å². The summed E-state index contributed by atoms with van der Waals surface area (Å²) in [4.78, 5) is 59.6. The number of nitrogens with zero attached hydrogens (tertiary/aromatic N) is 4. The van der Waals surface area contributed by atoms with Gasteiger partial charge in [-0.05, 0) is 118 Å². The van der Waals surface area contributed by atoms with Crippen LogP contribution in [0.4, 0.5) is 20.6 Å². The van der Waals surface area contributed by atoms with E-state index in [1.54, 1.807) is 72.8 Å². The van der Waals surface area contributed by atoms with Gasteiger partial charge in [-0.2, -0.15) is 5.26 Å². The Labute approximate surface area is 357 Å². The largest absolute Gasteiger partial charge is 0.444 e. The number of carbonyl (C=O) groups excluding carboxylic acids is 4. The molecule has 3 aliphatic heterocycles. The zero-order valence-electron chi connectivity index (χ0n) is 34.5. The molecule has 2 fully saturated rings. The lowest BCUT2D eigenvalue weighted by molar-refractivity contribution is -0.129. The average Bonchev–Trinajstić information content (AvgIpc) is 3.94. The number of hydrogen-bond acceptors (Lipinski definition) is 9. The van der Waals surface area contributed by atoms with Crippen LogP contribution >= 0.6 is 27.3 Å². The van der Waals surface area contributed by atoms with Gasteiger partial charge in [0.2, 0.25) is 17.7 Å². The molecule has 1 saturated heterocycles. The van der Waals surface area contributed by atoms with Gasteiger partial charge in [-0.1, -0.05) is 29.7 Å². The van der Waals surface area contributed by atoms with E-state index in [1.165, 1.54) is 4.90 Å². The Kier molecular flexibility index (Phi) is 11.3. The van der Waals surface area contributed by atoms with Crippen molar-refractivity contribution in [2.45, 2.75) is 115 Å². The molecule has 1 radical (unpaired) electrons. The van der Waals surface area contributed by atoms with Gasteiger partial charge in [0, 0.05) is 42.3 Å². The number of halogens is 2. The number of nitrogens with one attached hydrogen (secondary N) is 1. The minimum atomic E-state index is -1.12. The van der Waals surface area contributed by atoms with Crippen LogP contribution in [0.3, 0.4) is 0 Å². The van der Waals surface area contributed by atoms with Gasteiger partial charge in [-0.25, -0.2) is 9.18 Å². The van der Waals surface area contributed by atoms with Gasteiger partial charge >= 0.3 is 13.6 Å². The first kappa shape index (κ1) is 42.8. The Balaban J connectivity index is 1.10. The number of fused-ring (bicyclic) bond motifs is 4. The van der Waals surface area contributed by atoms with Crippen LogP contribution in [0.5, 0.6) is 0 Å². The number of piperidine rings is 1. The maximum atomic E-state index is 15.8. The number of ether oxygens (including phenoxy) is 1. The zero-order valence-corrected chi connectivity index (χ0v) is 36.9. The molecule has 1 saturated carbocycles. The second-order valence-electron chi connectivity index (χ2n) is 18.1. The van der Waals surface area contributed by atoms with Crippen LogP contribution in [0.2, 0.25) is 0 Å². The van der Waals surface area contributed by atoms with E-state index in [0.29, 0.717) is 36.2 Å². The lowest BCUT2D eigenvalue weighted by atomic mass is 9.82. The van der Waals surface area contributed by atoms with E-state index < -0.39 is 46.7 Å². The predicted molar refractivity (Wildman–Crippen MR) is 227 cm³/mol. The zero-order chi connectivity index (χ0) is 42.9. The van der Waals surface area contributed by atoms with E-state index in [4.69, 9.17) is 9.39 Å². The van der Waals surface area contributed by atoms with Crippen molar-refractivity contribution in [1.29, 1.82) is 5.26 Å². The fourth-order valence-electron chi connectivity index (χ4n) is 8.43. The second kappa shape index (κ2) is 15.6. The fraction of sp³-hybridized carbons (Fsp3) is 0.512. The van der Waals surface area contributed by atoms with Gasteiger partial charge in [0.25, 0.3) is 0 Å². The van der Waals surface area contributed by atoms with E-state index in [0.717, 1.165) is 39.3 Å². The molecule has 4 amide bonds. The summed E-state index contributed by atoms with van der Waals surface area (Å²) in [5.41, 5.74) is 1.88. The summed E-state index contributed by atoms with van der Waals surface area (Å²) in [5, 5.41) is 23.7. The molecule has 0 spiro atoms. The molecule has 2 aromatic carbocycles. The van der Waals surface area contributed by atoms with Crippen LogP contribution in [0.1, 0.15) is 77.3 Å². The number of likely N-dealkylation sites (N-methyl/N-ethyl adjacent to an activating group) is 1. The van der Waals surface area contributed by atoms with Gasteiger partial charge in [-0.15, -0.1) is 11.3 Å². The quantitative estimate of drug-likeness (QED) is 0.230. The number of likely N-dealkylation sites (tertiary alicyclic amines) is 1. The molecule has 2 bridgehead atoms. The molecule has 5 atom stereocenters. The third kappa shape index (κ3) is 8.28. The number of aliphatic hydroxyl groups is 1. The highest BCUT2D eigenvalue weighted by Gasteiger charge is 2.57. The van der Waals surface area contributed by atoms with E-state index >= 15 is 4.39 Å². The monoisotopic (exact) mass is 888 g/mol. The van der Waals surface area contributed by atoms with Gasteiger partial charge in [0.15, 0.2) is 5.82 Å². The van der Waals surface area contributed by atoms with Gasteiger partial charge in [0.05, 0.1) is 39.5 Å². The van der Waals surface area contributed by atoms with E-state index in [1.807, 2.05) is 36.4 Å². The number of benzene rings is 2. The van der Waals surface area contributed by atoms with Crippen molar-refractivity contribution in [2.24, 2.45) is 11.8 Å². The van der Waals surface area contributed by atoms with Crippen LogP contribution in [-0.2, 0) is 43.0 Å². The summed E-state index contributed by atoms with van der Waals surface area (Å²) in [6, 6.07) is 10.9. The molecule has 2 N–H and O–H groups in total. The molecular formula is C43H49BBrFN5O7S. The van der Waals surface area contributed by atoms with Crippen molar-refractivity contribution in [3.05, 3.63) is 62.7 Å². The summed E-state index contributed by atoms with van der Waals surface area (Å²) >= 11 is 4.56. The Bertz CT molecular complexity index is 2260. The van der Waals surface area contributed by atoms with E-state index in [-0.39, 0.29) is 51.9 Å². The van der Waals surface area contributed by atoms with Crippen molar-refractivity contribution in [3.8, 4) is 16.5 Å². The van der Waals surface area contributed by atoms with Crippen LogP contribution in [0.25, 0.3) is 10.4 Å². The number of hydrogen-bond donors (Lipinski definition) is 2. The summed E-state index contributed by atoms with van der Waals surface area (Å²) in [7, 11) is 3.28.